The zero-order valence-corrected chi connectivity index (χ0v) is 18.4. The van der Waals surface area contributed by atoms with Crippen molar-refractivity contribution in [3.63, 3.8) is 0 Å². The van der Waals surface area contributed by atoms with Crippen molar-refractivity contribution < 1.29 is 9.53 Å². The van der Waals surface area contributed by atoms with Crippen molar-refractivity contribution in [2.75, 3.05) is 19.6 Å². The molecule has 158 valence electrons. The van der Waals surface area contributed by atoms with Crippen LogP contribution in [0.5, 0.6) is 0 Å². The van der Waals surface area contributed by atoms with E-state index in [-0.39, 0.29) is 18.6 Å². The molecule has 2 heterocycles. The fraction of sp³-hybridized carbons (Fsp3) is 0.565. The van der Waals surface area contributed by atoms with Crippen molar-refractivity contribution in [3.8, 4) is 0 Å². The van der Waals surface area contributed by atoms with E-state index in [1.165, 1.54) is 16.7 Å². The van der Waals surface area contributed by atoms with E-state index in [0.29, 0.717) is 6.04 Å². The Labute approximate surface area is 174 Å². The minimum Gasteiger partial charge on any atom is -0.462 e. The molecular formula is C23H34N4O2. The molecule has 1 atom stereocenters. The third-order valence-electron chi connectivity index (χ3n) is 5.67. The molecule has 0 spiro atoms. The predicted octanol–water partition coefficient (Wildman–Crippen LogP) is 3.16. The summed E-state index contributed by atoms with van der Waals surface area (Å²) in [6.45, 7) is 13.9. The standard InChI is InChI=1S/C23H34N4O2/c1-6-19-7-9-20(10-8-19)22-13-24-11-12-26(22)14-21-17(4)25-27(18(21)5)15-23(28)29-16(2)3/h7-10,16,22,24H,6,11-15H2,1-5H3. The molecule has 29 heavy (non-hydrogen) atoms. The second kappa shape index (κ2) is 9.55. The number of hydrogen-bond acceptors (Lipinski definition) is 5. The third kappa shape index (κ3) is 5.25. The summed E-state index contributed by atoms with van der Waals surface area (Å²) >= 11 is 0. The zero-order chi connectivity index (χ0) is 21.0. The van der Waals surface area contributed by atoms with Gasteiger partial charge in [0.25, 0.3) is 0 Å². The molecule has 1 N–H and O–H groups in total. The highest BCUT2D eigenvalue weighted by molar-refractivity contribution is 5.69. The summed E-state index contributed by atoms with van der Waals surface area (Å²) in [7, 11) is 0. The Morgan fingerprint density at radius 3 is 2.66 bits per heavy atom. The van der Waals surface area contributed by atoms with E-state index in [1.807, 2.05) is 27.7 Å². The zero-order valence-electron chi connectivity index (χ0n) is 18.4. The predicted molar refractivity (Wildman–Crippen MR) is 115 cm³/mol. The van der Waals surface area contributed by atoms with E-state index in [2.05, 4.69) is 46.5 Å². The van der Waals surface area contributed by atoms with Gasteiger partial charge in [0.05, 0.1) is 11.8 Å². The van der Waals surface area contributed by atoms with Crippen molar-refractivity contribution in [1.29, 1.82) is 0 Å². The third-order valence-corrected chi connectivity index (χ3v) is 5.67. The molecule has 3 rings (SSSR count). The molecule has 6 heteroatoms. The Morgan fingerprint density at radius 2 is 2.00 bits per heavy atom. The molecule has 1 aromatic carbocycles. The van der Waals surface area contributed by atoms with Gasteiger partial charge < -0.3 is 10.1 Å². The number of carbonyl (C=O) groups excluding carboxylic acids is 1. The first kappa shape index (κ1) is 21.5. The van der Waals surface area contributed by atoms with E-state index in [4.69, 9.17) is 4.74 Å². The number of ether oxygens (including phenoxy) is 1. The number of nitrogens with one attached hydrogen (secondary N) is 1. The monoisotopic (exact) mass is 398 g/mol. The normalized spacial score (nSPS) is 17.7. The van der Waals surface area contributed by atoms with E-state index >= 15 is 0 Å². The van der Waals surface area contributed by atoms with Gasteiger partial charge in [-0.25, -0.2) is 0 Å². The van der Waals surface area contributed by atoms with E-state index in [9.17, 15) is 4.79 Å². The van der Waals surface area contributed by atoms with Gasteiger partial charge in [0, 0.05) is 43.5 Å². The second-order valence-corrected chi connectivity index (χ2v) is 8.13. The summed E-state index contributed by atoms with van der Waals surface area (Å²) in [4.78, 5) is 14.6. The van der Waals surface area contributed by atoms with Crippen molar-refractivity contribution >= 4 is 5.97 Å². The molecule has 1 saturated heterocycles. The van der Waals surface area contributed by atoms with E-state index < -0.39 is 0 Å². The molecule has 0 saturated carbocycles. The quantitative estimate of drug-likeness (QED) is 0.726. The topological polar surface area (TPSA) is 59.4 Å². The van der Waals surface area contributed by atoms with Gasteiger partial charge in [-0.1, -0.05) is 31.2 Å². The Hall–Kier alpha value is -2.18. The maximum atomic E-state index is 12.1. The van der Waals surface area contributed by atoms with Crippen molar-refractivity contribution in [1.82, 2.24) is 20.0 Å². The number of aromatic nitrogens is 2. The average Bonchev–Trinajstić information content (AvgIpc) is 2.95. The summed E-state index contributed by atoms with van der Waals surface area (Å²) in [5.41, 5.74) is 5.95. The molecule has 1 aliphatic heterocycles. The van der Waals surface area contributed by atoms with Crippen molar-refractivity contribution in [3.05, 3.63) is 52.3 Å². The van der Waals surface area contributed by atoms with Crippen LogP contribution in [0.15, 0.2) is 24.3 Å². The van der Waals surface area contributed by atoms with Gasteiger partial charge in [-0.05, 0) is 45.2 Å². The summed E-state index contributed by atoms with van der Waals surface area (Å²) in [6, 6.07) is 9.32. The summed E-state index contributed by atoms with van der Waals surface area (Å²) in [5, 5.41) is 8.15. The number of benzene rings is 1. The van der Waals surface area contributed by atoms with Crippen LogP contribution in [-0.4, -0.2) is 46.4 Å². The Morgan fingerprint density at radius 1 is 1.28 bits per heavy atom. The van der Waals surface area contributed by atoms with Crippen LogP contribution in [0.1, 0.15) is 54.9 Å². The van der Waals surface area contributed by atoms with Crippen LogP contribution in [0.2, 0.25) is 0 Å². The summed E-state index contributed by atoms with van der Waals surface area (Å²) in [5.74, 6) is -0.242. The van der Waals surface area contributed by atoms with Crippen LogP contribution in [0.25, 0.3) is 0 Å². The smallest absolute Gasteiger partial charge is 0.328 e. The molecule has 0 bridgehead atoms. The number of piperazine rings is 1. The lowest BCUT2D eigenvalue weighted by Gasteiger charge is -2.36. The average molecular weight is 399 g/mol. The van der Waals surface area contributed by atoms with Crippen LogP contribution in [-0.2, 0) is 29.0 Å². The number of carbonyl (C=O) groups is 1. The van der Waals surface area contributed by atoms with Crippen LogP contribution >= 0.6 is 0 Å². The number of esters is 1. The highest BCUT2D eigenvalue weighted by Crippen LogP contribution is 2.26. The van der Waals surface area contributed by atoms with Gasteiger partial charge in [-0.3, -0.25) is 14.4 Å². The van der Waals surface area contributed by atoms with Gasteiger partial charge in [0.15, 0.2) is 0 Å². The molecule has 6 nitrogen and oxygen atoms in total. The maximum absolute atomic E-state index is 12.1. The number of hydrogen-bond donors (Lipinski definition) is 1. The minimum absolute atomic E-state index is 0.111. The largest absolute Gasteiger partial charge is 0.462 e. The number of rotatable bonds is 7. The number of aryl methyl sites for hydroxylation is 2. The number of nitrogens with zero attached hydrogens (tertiary/aromatic N) is 3. The summed E-state index contributed by atoms with van der Waals surface area (Å²) < 4.78 is 7.06. The van der Waals surface area contributed by atoms with E-state index in [0.717, 1.165) is 44.0 Å². The second-order valence-electron chi connectivity index (χ2n) is 8.13. The first-order valence-corrected chi connectivity index (χ1v) is 10.6. The highest BCUT2D eigenvalue weighted by atomic mass is 16.5. The molecule has 0 aliphatic carbocycles. The minimum atomic E-state index is -0.242. The summed E-state index contributed by atoms with van der Waals surface area (Å²) in [6.07, 6.45) is 0.948. The Bertz CT molecular complexity index is 826. The molecule has 1 fully saturated rings. The lowest BCUT2D eigenvalue weighted by atomic mass is 10.00. The van der Waals surface area contributed by atoms with Gasteiger partial charge >= 0.3 is 5.97 Å². The molecule has 0 radical (unpaired) electrons. The molecule has 0 amide bonds. The first-order valence-electron chi connectivity index (χ1n) is 10.6. The molecule has 1 aromatic heterocycles. The van der Waals surface area contributed by atoms with Crippen LogP contribution in [0.3, 0.4) is 0 Å². The van der Waals surface area contributed by atoms with Gasteiger partial charge in [0.1, 0.15) is 6.54 Å². The molecule has 1 aliphatic rings. The highest BCUT2D eigenvalue weighted by Gasteiger charge is 2.26. The lowest BCUT2D eigenvalue weighted by molar-refractivity contribution is -0.148. The van der Waals surface area contributed by atoms with Gasteiger partial charge in [0.2, 0.25) is 0 Å². The molecular weight excluding hydrogens is 364 g/mol. The van der Waals surface area contributed by atoms with Crippen LogP contribution in [0.4, 0.5) is 0 Å². The Kier molecular flexibility index (Phi) is 7.09. The first-order chi connectivity index (χ1) is 13.9. The lowest BCUT2D eigenvalue weighted by Crippen LogP contribution is -2.45. The van der Waals surface area contributed by atoms with Gasteiger partial charge in [-0.15, -0.1) is 0 Å². The molecule has 2 aromatic rings. The van der Waals surface area contributed by atoms with Crippen molar-refractivity contribution in [2.24, 2.45) is 0 Å². The molecule has 1 unspecified atom stereocenters. The van der Waals surface area contributed by atoms with Crippen molar-refractivity contribution in [2.45, 2.75) is 66.3 Å². The van der Waals surface area contributed by atoms with Crippen LogP contribution < -0.4 is 5.32 Å². The fourth-order valence-electron chi connectivity index (χ4n) is 3.98. The Balaban J connectivity index is 1.77. The maximum Gasteiger partial charge on any atom is 0.328 e. The fourth-order valence-corrected chi connectivity index (χ4v) is 3.98. The SMILES string of the molecule is CCc1ccc(C2CNCCN2Cc2c(C)nn(CC(=O)OC(C)C)c2C)cc1. The van der Waals surface area contributed by atoms with Gasteiger partial charge in [-0.2, -0.15) is 5.10 Å². The van der Waals surface area contributed by atoms with E-state index in [1.54, 1.807) is 4.68 Å². The van der Waals surface area contributed by atoms with Crippen LogP contribution in [0, 0.1) is 13.8 Å².